The minimum Gasteiger partial charge on any atom is -0.340 e. The molecule has 0 saturated carbocycles. The van der Waals surface area contributed by atoms with Crippen molar-refractivity contribution in [1.29, 1.82) is 0 Å². The van der Waals surface area contributed by atoms with Gasteiger partial charge in [-0.15, -0.1) is 22.9 Å². The number of halogens is 2. The Labute approximate surface area is 156 Å². The number of benzene rings is 1. The highest BCUT2D eigenvalue weighted by Crippen LogP contribution is 2.24. The number of hydrogen-bond donors (Lipinski definition) is 0. The average molecular weight is 384 g/mol. The van der Waals surface area contributed by atoms with E-state index in [0.29, 0.717) is 12.3 Å². The third-order valence-electron chi connectivity index (χ3n) is 4.08. The molecule has 24 heavy (non-hydrogen) atoms. The Morgan fingerprint density at radius 3 is 2.54 bits per heavy atom. The summed E-state index contributed by atoms with van der Waals surface area (Å²) in [6, 6.07) is 7.74. The van der Waals surface area contributed by atoms with E-state index in [4.69, 9.17) is 28.2 Å². The maximum atomic E-state index is 11.9. The second-order valence-electron chi connectivity index (χ2n) is 5.73. The van der Waals surface area contributed by atoms with E-state index in [2.05, 4.69) is 10.3 Å². The Kier molecular flexibility index (Phi) is 6.11. The predicted octanol–water partition coefficient (Wildman–Crippen LogP) is 3.74. The Morgan fingerprint density at radius 2 is 1.88 bits per heavy atom. The third-order valence-corrected chi connectivity index (χ3v) is 5.36. The number of thiazole rings is 1. The number of carbonyl (C=O) groups excluding carboxylic acids is 1. The van der Waals surface area contributed by atoms with Gasteiger partial charge < -0.3 is 4.90 Å². The van der Waals surface area contributed by atoms with Crippen molar-refractivity contribution >= 4 is 40.4 Å². The predicted molar refractivity (Wildman–Crippen MR) is 99.8 cm³/mol. The average Bonchev–Trinajstić information content (AvgIpc) is 3.05. The van der Waals surface area contributed by atoms with E-state index in [1.54, 1.807) is 11.3 Å². The summed E-state index contributed by atoms with van der Waals surface area (Å²) in [5.74, 6) is 0.551. The van der Waals surface area contributed by atoms with Gasteiger partial charge in [-0.3, -0.25) is 9.69 Å². The Hall–Kier alpha value is -1.14. The molecule has 1 aliphatic heterocycles. The normalized spacial score (nSPS) is 15.7. The number of carbonyl (C=O) groups is 1. The van der Waals surface area contributed by atoms with Gasteiger partial charge in [0.15, 0.2) is 0 Å². The maximum absolute atomic E-state index is 11.9. The van der Waals surface area contributed by atoms with Crippen molar-refractivity contribution in [1.82, 2.24) is 14.8 Å². The van der Waals surface area contributed by atoms with Gasteiger partial charge in [0.05, 0.1) is 12.2 Å². The molecular weight excluding hydrogens is 365 g/mol. The molecule has 0 N–H and O–H groups in total. The molecule has 1 fully saturated rings. The van der Waals surface area contributed by atoms with Crippen LogP contribution in [0.3, 0.4) is 0 Å². The Morgan fingerprint density at radius 1 is 1.17 bits per heavy atom. The number of piperazine rings is 1. The van der Waals surface area contributed by atoms with Gasteiger partial charge in [-0.05, 0) is 12.1 Å². The monoisotopic (exact) mass is 383 g/mol. The standard InChI is InChI=1S/C17H19Cl2N3OS/c18-6-5-17(23)22-9-7-21(8-10-22)11-16-20-15(12-24-16)13-1-3-14(19)4-2-13/h1-4,12H,5-11H2. The summed E-state index contributed by atoms with van der Waals surface area (Å²) < 4.78 is 0. The third kappa shape index (κ3) is 4.48. The largest absolute Gasteiger partial charge is 0.340 e. The molecule has 3 rings (SSSR count). The minimum atomic E-state index is 0.156. The van der Waals surface area contributed by atoms with Crippen LogP contribution >= 0.6 is 34.5 Å². The first-order valence-corrected chi connectivity index (χ1v) is 9.71. The van der Waals surface area contributed by atoms with Crippen LogP contribution in [0.4, 0.5) is 0 Å². The van der Waals surface area contributed by atoms with E-state index in [0.717, 1.165) is 54.0 Å². The van der Waals surface area contributed by atoms with Crippen LogP contribution in [0.15, 0.2) is 29.6 Å². The number of nitrogens with zero attached hydrogens (tertiary/aromatic N) is 3. The fourth-order valence-corrected chi connectivity index (χ4v) is 3.85. The van der Waals surface area contributed by atoms with Gasteiger partial charge in [-0.1, -0.05) is 23.7 Å². The minimum absolute atomic E-state index is 0.156. The van der Waals surface area contributed by atoms with Crippen LogP contribution in [-0.2, 0) is 11.3 Å². The van der Waals surface area contributed by atoms with Crippen molar-refractivity contribution in [2.75, 3.05) is 32.1 Å². The molecular formula is C17H19Cl2N3OS. The van der Waals surface area contributed by atoms with E-state index in [9.17, 15) is 4.79 Å². The van der Waals surface area contributed by atoms with Crippen LogP contribution in [-0.4, -0.2) is 52.8 Å². The van der Waals surface area contributed by atoms with Gasteiger partial charge in [0, 0.05) is 54.4 Å². The molecule has 0 unspecified atom stereocenters. The first kappa shape index (κ1) is 17.7. The fourth-order valence-electron chi connectivity index (χ4n) is 2.72. The van der Waals surface area contributed by atoms with Gasteiger partial charge in [0.1, 0.15) is 5.01 Å². The smallest absolute Gasteiger partial charge is 0.223 e. The summed E-state index contributed by atoms with van der Waals surface area (Å²) in [7, 11) is 0. The molecule has 4 nitrogen and oxygen atoms in total. The van der Waals surface area contributed by atoms with E-state index < -0.39 is 0 Å². The first-order chi connectivity index (χ1) is 11.7. The van der Waals surface area contributed by atoms with Crippen molar-refractivity contribution in [3.8, 4) is 11.3 Å². The lowest BCUT2D eigenvalue weighted by molar-refractivity contribution is -0.132. The van der Waals surface area contributed by atoms with Crippen LogP contribution in [0.1, 0.15) is 11.4 Å². The Bertz CT molecular complexity index is 681. The molecule has 0 atom stereocenters. The lowest BCUT2D eigenvalue weighted by Gasteiger charge is -2.34. The molecule has 2 aromatic rings. The zero-order chi connectivity index (χ0) is 16.9. The number of alkyl halides is 1. The van der Waals surface area contributed by atoms with Crippen molar-refractivity contribution in [2.24, 2.45) is 0 Å². The molecule has 1 aromatic heterocycles. The molecule has 128 valence electrons. The topological polar surface area (TPSA) is 36.4 Å². The lowest BCUT2D eigenvalue weighted by atomic mass is 10.2. The highest BCUT2D eigenvalue weighted by atomic mass is 35.5. The number of rotatable bonds is 5. The summed E-state index contributed by atoms with van der Waals surface area (Å²) in [6.07, 6.45) is 0.429. The molecule has 1 amide bonds. The van der Waals surface area contributed by atoms with Gasteiger partial charge in [-0.2, -0.15) is 0 Å². The number of hydrogen-bond acceptors (Lipinski definition) is 4. The summed E-state index contributed by atoms with van der Waals surface area (Å²) in [5, 5.41) is 3.91. The highest BCUT2D eigenvalue weighted by molar-refractivity contribution is 7.09. The van der Waals surface area contributed by atoms with E-state index in [-0.39, 0.29) is 5.91 Å². The maximum Gasteiger partial charge on any atom is 0.223 e. The summed E-state index contributed by atoms with van der Waals surface area (Å²) in [5.41, 5.74) is 2.07. The van der Waals surface area contributed by atoms with E-state index in [1.165, 1.54) is 0 Å². The van der Waals surface area contributed by atoms with Crippen molar-refractivity contribution in [2.45, 2.75) is 13.0 Å². The second-order valence-corrected chi connectivity index (χ2v) is 7.49. The first-order valence-electron chi connectivity index (χ1n) is 7.92. The van der Waals surface area contributed by atoms with Gasteiger partial charge in [-0.25, -0.2) is 4.98 Å². The van der Waals surface area contributed by atoms with Crippen molar-refractivity contribution in [3.63, 3.8) is 0 Å². The summed E-state index contributed by atoms with van der Waals surface area (Å²) >= 11 is 13.2. The van der Waals surface area contributed by atoms with Crippen molar-refractivity contribution in [3.05, 3.63) is 39.7 Å². The Balaban J connectivity index is 1.54. The molecule has 0 aliphatic carbocycles. The SMILES string of the molecule is O=C(CCCl)N1CCN(Cc2nc(-c3ccc(Cl)cc3)cs2)CC1. The molecule has 0 bridgehead atoms. The molecule has 0 spiro atoms. The summed E-state index contributed by atoms with van der Waals surface area (Å²) in [6.45, 7) is 4.12. The van der Waals surface area contributed by atoms with Crippen LogP contribution in [0, 0.1) is 0 Å². The molecule has 1 aliphatic rings. The second kappa shape index (κ2) is 8.30. The van der Waals surface area contributed by atoms with Crippen LogP contribution in [0.2, 0.25) is 5.02 Å². The van der Waals surface area contributed by atoms with Crippen LogP contribution < -0.4 is 0 Å². The van der Waals surface area contributed by atoms with Gasteiger partial charge in [0.2, 0.25) is 5.91 Å². The molecule has 0 radical (unpaired) electrons. The fraction of sp³-hybridized carbons (Fsp3) is 0.412. The summed E-state index contributed by atoms with van der Waals surface area (Å²) in [4.78, 5) is 20.8. The molecule has 1 aromatic carbocycles. The van der Waals surface area contributed by atoms with Gasteiger partial charge in [0.25, 0.3) is 0 Å². The molecule has 2 heterocycles. The zero-order valence-electron chi connectivity index (χ0n) is 13.3. The lowest BCUT2D eigenvalue weighted by Crippen LogP contribution is -2.48. The van der Waals surface area contributed by atoms with Crippen LogP contribution in [0.25, 0.3) is 11.3 Å². The number of amides is 1. The number of aromatic nitrogens is 1. The molecule has 1 saturated heterocycles. The van der Waals surface area contributed by atoms with E-state index in [1.807, 2.05) is 29.2 Å². The van der Waals surface area contributed by atoms with Crippen molar-refractivity contribution < 1.29 is 4.79 Å². The van der Waals surface area contributed by atoms with Gasteiger partial charge >= 0.3 is 0 Å². The quantitative estimate of drug-likeness (QED) is 0.737. The van der Waals surface area contributed by atoms with Crippen LogP contribution in [0.5, 0.6) is 0 Å². The van der Waals surface area contributed by atoms with E-state index >= 15 is 0 Å². The highest BCUT2D eigenvalue weighted by Gasteiger charge is 2.21. The molecule has 7 heteroatoms. The zero-order valence-corrected chi connectivity index (χ0v) is 15.6.